The average Bonchev–Trinajstić information content (AvgIpc) is 2.45. The highest BCUT2D eigenvalue weighted by Crippen LogP contribution is 2.10. The monoisotopic (exact) mass is 279 g/mol. The molecule has 0 fully saturated rings. The van der Waals surface area contributed by atoms with Gasteiger partial charge in [0.15, 0.2) is 0 Å². The summed E-state index contributed by atoms with van der Waals surface area (Å²) < 4.78 is 4.99. The molecule has 0 aliphatic carbocycles. The number of pyridine rings is 1. The van der Waals surface area contributed by atoms with Crippen LogP contribution in [0.5, 0.6) is 0 Å². The van der Waals surface area contributed by atoms with Crippen LogP contribution in [0.1, 0.15) is 32.3 Å². The molecular formula is C15H25N3O2. The van der Waals surface area contributed by atoms with E-state index in [2.05, 4.69) is 4.98 Å². The second kappa shape index (κ2) is 8.66. The Labute approximate surface area is 121 Å². The van der Waals surface area contributed by atoms with Crippen LogP contribution in [0.3, 0.4) is 0 Å². The van der Waals surface area contributed by atoms with Crippen molar-refractivity contribution in [1.29, 1.82) is 0 Å². The Morgan fingerprint density at radius 3 is 2.80 bits per heavy atom. The van der Waals surface area contributed by atoms with Crippen LogP contribution in [0.4, 0.5) is 0 Å². The highest BCUT2D eigenvalue weighted by Gasteiger charge is 2.23. The minimum absolute atomic E-state index is 0.0139. The van der Waals surface area contributed by atoms with Crippen molar-refractivity contribution in [1.82, 2.24) is 9.88 Å². The molecule has 1 atom stereocenters. The van der Waals surface area contributed by atoms with Gasteiger partial charge < -0.3 is 15.4 Å². The number of carbonyl (C=O) groups is 1. The molecule has 1 rings (SSSR count). The fourth-order valence-electron chi connectivity index (χ4n) is 1.99. The van der Waals surface area contributed by atoms with Gasteiger partial charge in [0.2, 0.25) is 5.91 Å². The van der Waals surface area contributed by atoms with Crippen LogP contribution in [-0.4, -0.2) is 41.6 Å². The van der Waals surface area contributed by atoms with E-state index in [1.807, 2.05) is 26.0 Å². The van der Waals surface area contributed by atoms with Gasteiger partial charge >= 0.3 is 0 Å². The first-order chi connectivity index (χ1) is 9.56. The molecule has 1 unspecified atom stereocenters. The molecule has 1 amide bonds. The van der Waals surface area contributed by atoms with Crippen molar-refractivity contribution in [2.45, 2.75) is 45.3 Å². The fourth-order valence-corrected chi connectivity index (χ4v) is 1.99. The number of hydrogen-bond acceptors (Lipinski definition) is 4. The molecule has 5 nitrogen and oxygen atoms in total. The van der Waals surface area contributed by atoms with Gasteiger partial charge in [-0.15, -0.1) is 0 Å². The summed E-state index contributed by atoms with van der Waals surface area (Å²) in [6.45, 7) is 5.17. The van der Waals surface area contributed by atoms with E-state index in [0.717, 1.165) is 12.0 Å². The molecule has 0 aliphatic heterocycles. The quantitative estimate of drug-likeness (QED) is 0.733. The number of carbonyl (C=O) groups excluding carboxylic acids is 1. The summed E-state index contributed by atoms with van der Waals surface area (Å²) in [7, 11) is 1.65. The van der Waals surface area contributed by atoms with E-state index in [0.29, 0.717) is 19.6 Å². The highest BCUT2D eigenvalue weighted by atomic mass is 16.5. The normalized spacial score (nSPS) is 12.4. The molecule has 112 valence electrons. The zero-order valence-electron chi connectivity index (χ0n) is 12.6. The van der Waals surface area contributed by atoms with Gasteiger partial charge in [-0.3, -0.25) is 9.78 Å². The second-order valence-electron chi connectivity index (χ2n) is 5.16. The third-order valence-corrected chi connectivity index (χ3v) is 3.16. The molecule has 1 heterocycles. The average molecular weight is 279 g/mol. The third-order valence-electron chi connectivity index (χ3n) is 3.16. The van der Waals surface area contributed by atoms with Gasteiger partial charge in [0, 0.05) is 38.7 Å². The summed E-state index contributed by atoms with van der Waals surface area (Å²) >= 11 is 0. The predicted molar refractivity (Wildman–Crippen MR) is 79.0 cm³/mol. The van der Waals surface area contributed by atoms with Crippen LogP contribution < -0.4 is 5.73 Å². The SMILES string of the molecule is COCCCC(N)C(=O)N(Cc1cccnc1)C(C)C. The molecular weight excluding hydrogens is 254 g/mol. The van der Waals surface area contributed by atoms with E-state index in [1.165, 1.54) is 0 Å². The largest absolute Gasteiger partial charge is 0.385 e. The number of hydrogen-bond donors (Lipinski definition) is 1. The van der Waals surface area contributed by atoms with Crippen molar-refractivity contribution >= 4 is 5.91 Å². The summed E-state index contributed by atoms with van der Waals surface area (Å²) in [4.78, 5) is 18.3. The molecule has 20 heavy (non-hydrogen) atoms. The number of rotatable bonds is 8. The van der Waals surface area contributed by atoms with Crippen molar-refractivity contribution in [3.63, 3.8) is 0 Å². The van der Waals surface area contributed by atoms with E-state index >= 15 is 0 Å². The lowest BCUT2D eigenvalue weighted by atomic mass is 10.1. The van der Waals surface area contributed by atoms with Gasteiger partial charge in [0.25, 0.3) is 0 Å². The number of ether oxygens (including phenoxy) is 1. The van der Waals surface area contributed by atoms with Gasteiger partial charge in [0.05, 0.1) is 6.04 Å². The zero-order chi connectivity index (χ0) is 15.0. The van der Waals surface area contributed by atoms with Crippen LogP contribution in [0.25, 0.3) is 0 Å². The molecule has 0 spiro atoms. The Balaban J connectivity index is 2.63. The number of nitrogens with two attached hydrogens (primary N) is 1. The number of aromatic nitrogens is 1. The van der Waals surface area contributed by atoms with E-state index in [-0.39, 0.29) is 11.9 Å². The Bertz CT molecular complexity index is 395. The lowest BCUT2D eigenvalue weighted by molar-refractivity contribution is -0.135. The third kappa shape index (κ3) is 5.27. The second-order valence-corrected chi connectivity index (χ2v) is 5.16. The van der Waals surface area contributed by atoms with Crippen LogP contribution in [0.2, 0.25) is 0 Å². The van der Waals surface area contributed by atoms with Gasteiger partial charge in [-0.1, -0.05) is 6.07 Å². The Kier molecular flexibility index (Phi) is 7.18. The van der Waals surface area contributed by atoms with Gasteiger partial charge in [-0.05, 0) is 38.3 Å². The predicted octanol–water partition coefficient (Wildman–Crippen LogP) is 1.57. The van der Waals surface area contributed by atoms with Crippen molar-refractivity contribution in [3.8, 4) is 0 Å². The van der Waals surface area contributed by atoms with Crippen molar-refractivity contribution in [2.75, 3.05) is 13.7 Å². The zero-order valence-corrected chi connectivity index (χ0v) is 12.6. The van der Waals surface area contributed by atoms with Crippen molar-refractivity contribution < 1.29 is 9.53 Å². The Hall–Kier alpha value is -1.46. The topological polar surface area (TPSA) is 68.5 Å². The number of nitrogens with zero attached hydrogens (tertiary/aromatic N) is 2. The lowest BCUT2D eigenvalue weighted by Gasteiger charge is -2.29. The van der Waals surface area contributed by atoms with Gasteiger partial charge in [0.1, 0.15) is 0 Å². The smallest absolute Gasteiger partial charge is 0.240 e. The van der Waals surface area contributed by atoms with Crippen LogP contribution in [0, 0.1) is 0 Å². The van der Waals surface area contributed by atoms with Gasteiger partial charge in [-0.25, -0.2) is 0 Å². The molecule has 5 heteroatoms. The number of amides is 1. The Morgan fingerprint density at radius 2 is 2.25 bits per heavy atom. The van der Waals surface area contributed by atoms with Crippen LogP contribution in [0.15, 0.2) is 24.5 Å². The summed E-state index contributed by atoms with van der Waals surface area (Å²) in [6, 6.07) is 3.48. The number of methoxy groups -OCH3 is 1. The first-order valence-electron chi connectivity index (χ1n) is 7.00. The van der Waals surface area contributed by atoms with E-state index in [1.54, 1.807) is 24.4 Å². The standard InChI is InChI=1S/C15H25N3O2/c1-12(2)18(11-13-6-4-8-17-10-13)15(19)14(16)7-5-9-20-3/h4,6,8,10,12,14H,5,7,9,11,16H2,1-3H3. The fraction of sp³-hybridized carbons (Fsp3) is 0.600. The van der Waals surface area contributed by atoms with Crippen molar-refractivity contribution in [3.05, 3.63) is 30.1 Å². The molecule has 0 saturated carbocycles. The summed E-state index contributed by atoms with van der Waals surface area (Å²) in [5.74, 6) is -0.0139. The van der Waals surface area contributed by atoms with E-state index < -0.39 is 6.04 Å². The maximum absolute atomic E-state index is 12.4. The van der Waals surface area contributed by atoms with Crippen LogP contribution >= 0.6 is 0 Å². The van der Waals surface area contributed by atoms with E-state index in [4.69, 9.17) is 10.5 Å². The molecule has 0 bridgehead atoms. The molecule has 1 aromatic rings. The molecule has 0 saturated heterocycles. The summed E-state index contributed by atoms with van der Waals surface area (Å²) in [5, 5.41) is 0. The molecule has 0 aromatic carbocycles. The highest BCUT2D eigenvalue weighted by molar-refractivity contribution is 5.81. The molecule has 0 aliphatic rings. The maximum atomic E-state index is 12.4. The first-order valence-corrected chi connectivity index (χ1v) is 7.00. The van der Waals surface area contributed by atoms with E-state index in [9.17, 15) is 4.79 Å². The molecule has 0 radical (unpaired) electrons. The summed E-state index contributed by atoms with van der Waals surface area (Å²) in [5.41, 5.74) is 7.00. The minimum Gasteiger partial charge on any atom is -0.385 e. The van der Waals surface area contributed by atoms with Gasteiger partial charge in [-0.2, -0.15) is 0 Å². The molecule has 1 aromatic heterocycles. The first kappa shape index (κ1) is 16.6. The maximum Gasteiger partial charge on any atom is 0.240 e. The minimum atomic E-state index is -0.468. The molecule has 2 N–H and O–H groups in total. The Morgan fingerprint density at radius 1 is 1.50 bits per heavy atom. The van der Waals surface area contributed by atoms with Crippen molar-refractivity contribution in [2.24, 2.45) is 5.73 Å². The van der Waals surface area contributed by atoms with Crippen LogP contribution in [-0.2, 0) is 16.1 Å². The summed E-state index contributed by atoms with van der Waals surface area (Å²) in [6.07, 6.45) is 4.94. The lowest BCUT2D eigenvalue weighted by Crippen LogP contribution is -2.46.